The number of allylic oxidation sites excluding steroid dienone is 7. The molecule has 0 spiro atoms. The minimum absolute atomic E-state index is 0. The third-order valence-electron chi connectivity index (χ3n) is 10.4. The molecule has 0 amide bonds. The average molecular weight is 747 g/mol. The van der Waals surface area contributed by atoms with Gasteiger partial charge in [-0.2, -0.15) is 4.58 Å². The van der Waals surface area contributed by atoms with Gasteiger partial charge < -0.3 is 39.9 Å². The lowest BCUT2D eigenvalue weighted by Gasteiger charge is -2.28. The number of benzene rings is 2. The van der Waals surface area contributed by atoms with Crippen LogP contribution in [0.4, 0.5) is 11.4 Å². The number of unbranched alkanes of at least 4 members (excludes halogenated alkanes) is 3. The topological polar surface area (TPSA) is 44.3 Å². The van der Waals surface area contributed by atoms with Gasteiger partial charge in [0.15, 0.2) is 5.71 Å². The number of hydrogen-bond acceptors (Lipinski definition) is 3. The summed E-state index contributed by atoms with van der Waals surface area (Å²) in [6, 6.07) is 18.0. The monoisotopic (exact) mass is 746 g/mol. The lowest BCUT2D eigenvalue weighted by molar-refractivity contribution is -0.438. The fourth-order valence-electron chi connectivity index (χ4n) is 7.72. The Bertz CT molecular complexity index is 1540. The van der Waals surface area contributed by atoms with E-state index in [0.717, 1.165) is 51.9 Å². The average Bonchev–Trinajstić information content (AvgIpc) is 3.41. The van der Waals surface area contributed by atoms with Crippen LogP contribution in [0.5, 0.6) is 0 Å². The highest BCUT2D eigenvalue weighted by molar-refractivity contribution is 6.03. The highest BCUT2D eigenvalue weighted by Gasteiger charge is 2.44. The first kappa shape index (κ1) is 37.2. The van der Waals surface area contributed by atoms with Gasteiger partial charge in [0.2, 0.25) is 5.69 Å². The molecule has 5 rings (SSSR count). The van der Waals surface area contributed by atoms with Gasteiger partial charge in [0.1, 0.15) is 6.54 Å². The van der Waals surface area contributed by atoms with Crippen LogP contribution in [0, 0.1) is 0 Å². The molecule has 0 fully saturated rings. The molecule has 2 aromatic rings. The van der Waals surface area contributed by atoms with Gasteiger partial charge in [-0.3, -0.25) is 0 Å². The fraction of sp³-hybridized carbons (Fsp3) is 0.500. The number of rotatable bonds is 14. The number of hydrogen-bond donors (Lipinski definition) is 2. The Kier molecular flexibility index (Phi) is 13.2. The normalized spacial score (nSPS) is 19.9. The van der Waals surface area contributed by atoms with Crippen LogP contribution in [-0.2, 0) is 10.8 Å². The number of nitrogens with two attached hydrogens (primary N) is 1. The first-order valence-electron chi connectivity index (χ1n) is 18.1. The Balaban J connectivity index is 0.00000500. The molecule has 3 N–H and O–H groups in total. The molecule has 0 saturated heterocycles. The molecule has 0 bridgehead atoms. The number of anilines is 1. The number of nitrogens with zero attached hydrogens (tertiary/aromatic N) is 2. The standard InChI is InChI=1S/C42H58N4.HI/c1-7-9-30-45-36-22-13-11-20-34(36)41(3,4)38(45)26-24-32-18-17-19-33(40(32)44-29-16-15-28-43)25-27-39-42(5,6)35-21-12-14-23-37(35)46(39)31-10-8-2;/h11-14,20-27H,7-10,15-19,28-31,43H2,1-6H3;1H/b32-24+,38-26+;. The summed E-state index contributed by atoms with van der Waals surface area (Å²) in [4.78, 5) is 2.58. The summed E-state index contributed by atoms with van der Waals surface area (Å²) in [6.07, 6.45) is 20.0. The predicted octanol–water partition coefficient (Wildman–Crippen LogP) is 6.60. The molecule has 0 atom stereocenters. The molecule has 0 radical (unpaired) electrons. The van der Waals surface area contributed by atoms with Crippen molar-refractivity contribution in [3.63, 3.8) is 0 Å². The second kappa shape index (κ2) is 16.6. The van der Waals surface area contributed by atoms with Crippen LogP contribution < -0.4 is 39.9 Å². The van der Waals surface area contributed by atoms with Gasteiger partial charge in [-0.05, 0) is 87.8 Å². The molecular weight excluding hydrogens is 687 g/mol. The molecule has 1 aliphatic carbocycles. The molecule has 0 aromatic heterocycles. The van der Waals surface area contributed by atoms with Crippen LogP contribution >= 0.6 is 0 Å². The summed E-state index contributed by atoms with van der Waals surface area (Å²) in [5.41, 5.74) is 18.4. The number of nitrogens with one attached hydrogen (secondary N) is 1. The fourth-order valence-corrected chi connectivity index (χ4v) is 7.72. The zero-order valence-electron chi connectivity index (χ0n) is 30.0. The van der Waals surface area contributed by atoms with Gasteiger partial charge in [0.25, 0.3) is 0 Å². The molecule has 47 heavy (non-hydrogen) atoms. The van der Waals surface area contributed by atoms with E-state index in [4.69, 9.17) is 5.73 Å². The van der Waals surface area contributed by atoms with Crippen LogP contribution in [0.3, 0.4) is 0 Å². The molecule has 0 unspecified atom stereocenters. The van der Waals surface area contributed by atoms with E-state index in [1.54, 1.807) is 0 Å². The molecule has 0 saturated carbocycles. The van der Waals surface area contributed by atoms with Crippen molar-refractivity contribution in [3.8, 4) is 0 Å². The maximum absolute atomic E-state index is 5.87. The Labute approximate surface area is 303 Å². The third kappa shape index (κ3) is 7.83. The van der Waals surface area contributed by atoms with Crippen molar-refractivity contribution in [2.24, 2.45) is 5.73 Å². The molecule has 5 heteroatoms. The first-order valence-corrected chi connectivity index (χ1v) is 18.1. The van der Waals surface area contributed by atoms with Gasteiger partial charge >= 0.3 is 0 Å². The number of para-hydroxylation sites is 2. The maximum atomic E-state index is 5.87. The van der Waals surface area contributed by atoms with E-state index in [0.29, 0.717) is 0 Å². The van der Waals surface area contributed by atoms with Crippen LogP contribution in [0.1, 0.15) is 110 Å². The van der Waals surface area contributed by atoms with Crippen LogP contribution in [0.2, 0.25) is 0 Å². The van der Waals surface area contributed by atoms with E-state index < -0.39 is 0 Å². The van der Waals surface area contributed by atoms with E-state index >= 15 is 0 Å². The second-order valence-electron chi connectivity index (χ2n) is 14.4. The summed E-state index contributed by atoms with van der Waals surface area (Å²) < 4.78 is 2.58. The van der Waals surface area contributed by atoms with Crippen molar-refractivity contribution in [2.45, 2.75) is 110 Å². The van der Waals surface area contributed by atoms with Crippen molar-refractivity contribution in [3.05, 3.63) is 107 Å². The van der Waals surface area contributed by atoms with E-state index in [-0.39, 0.29) is 34.8 Å². The largest absolute Gasteiger partial charge is 1.00 e. The first-order chi connectivity index (χ1) is 22.2. The Morgan fingerprint density at radius 2 is 1.55 bits per heavy atom. The Hall–Kier alpha value is -2.64. The van der Waals surface area contributed by atoms with Crippen molar-refractivity contribution in [1.82, 2.24) is 5.32 Å². The second-order valence-corrected chi connectivity index (χ2v) is 14.4. The molecule has 3 aliphatic rings. The van der Waals surface area contributed by atoms with Crippen molar-refractivity contribution >= 4 is 17.1 Å². The van der Waals surface area contributed by atoms with Gasteiger partial charge in [0, 0.05) is 59.7 Å². The van der Waals surface area contributed by atoms with Gasteiger partial charge in [0.05, 0.1) is 5.41 Å². The van der Waals surface area contributed by atoms with E-state index in [9.17, 15) is 0 Å². The third-order valence-corrected chi connectivity index (χ3v) is 10.4. The summed E-state index contributed by atoms with van der Waals surface area (Å²) in [6.45, 7) is 18.0. The van der Waals surface area contributed by atoms with Gasteiger partial charge in [-0.1, -0.05) is 89.1 Å². The summed E-state index contributed by atoms with van der Waals surface area (Å²) >= 11 is 0. The maximum Gasteiger partial charge on any atom is 0.209 e. The van der Waals surface area contributed by atoms with Crippen LogP contribution in [0.25, 0.3) is 0 Å². The summed E-state index contributed by atoms with van der Waals surface area (Å²) in [5, 5.41) is 3.91. The molecule has 4 nitrogen and oxygen atoms in total. The van der Waals surface area contributed by atoms with Crippen LogP contribution in [-0.4, -0.2) is 36.5 Å². The van der Waals surface area contributed by atoms with Crippen molar-refractivity contribution in [1.29, 1.82) is 0 Å². The molecule has 254 valence electrons. The van der Waals surface area contributed by atoms with Crippen LogP contribution in [0.15, 0.2) is 95.4 Å². The SMILES string of the molecule is CCCCN1/C(=C/C=C2\CCCC(/C=C/C3=[N+](CCCC)c4ccccc4C3(C)C)=C2NCCCCN)C(C)(C)c2ccccc21.[I-]. The molecule has 2 aliphatic heterocycles. The van der Waals surface area contributed by atoms with E-state index in [1.165, 1.54) is 82.9 Å². The Morgan fingerprint density at radius 3 is 2.30 bits per heavy atom. The van der Waals surface area contributed by atoms with Crippen molar-refractivity contribution < 1.29 is 28.6 Å². The van der Waals surface area contributed by atoms with Gasteiger partial charge in [-0.25, -0.2) is 0 Å². The summed E-state index contributed by atoms with van der Waals surface area (Å²) in [5.74, 6) is 0. The molecular formula is C42H59IN4. The highest BCUT2D eigenvalue weighted by Crippen LogP contribution is 2.48. The molecule has 2 heterocycles. The smallest absolute Gasteiger partial charge is 0.209 e. The zero-order chi connectivity index (χ0) is 32.7. The highest BCUT2D eigenvalue weighted by atomic mass is 127. The quantitative estimate of drug-likeness (QED) is 0.130. The Morgan fingerprint density at radius 1 is 0.830 bits per heavy atom. The predicted molar refractivity (Wildman–Crippen MR) is 198 cm³/mol. The summed E-state index contributed by atoms with van der Waals surface area (Å²) in [7, 11) is 0. The minimum atomic E-state index is -0.0289. The van der Waals surface area contributed by atoms with E-state index in [2.05, 4.69) is 129 Å². The molecule has 2 aromatic carbocycles. The number of halogens is 1. The van der Waals surface area contributed by atoms with Gasteiger partial charge in [-0.15, -0.1) is 0 Å². The number of fused-ring (bicyclic) bond motifs is 2. The lowest BCUT2D eigenvalue weighted by Crippen LogP contribution is -3.00. The van der Waals surface area contributed by atoms with E-state index in [1.807, 2.05) is 0 Å². The zero-order valence-corrected chi connectivity index (χ0v) is 32.1. The minimum Gasteiger partial charge on any atom is -1.00 e. The van der Waals surface area contributed by atoms with Crippen molar-refractivity contribution in [2.75, 3.05) is 31.1 Å². The lowest BCUT2D eigenvalue weighted by atomic mass is 9.81.